The van der Waals surface area contributed by atoms with Gasteiger partial charge in [-0.25, -0.2) is 0 Å². The highest BCUT2D eigenvalue weighted by atomic mass is 15.1. The summed E-state index contributed by atoms with van der Waals surface area (Å²) in [5.74, 6) is 1.92. The molecule has 2 nitrogen and oxygen atoms in total. The molecule has 0 saturated carbocycles. The van der Waals surface area contributed by atoms with Crippen LogP contribution in [0.5, 0.6) is 0 Å². The van der Waals surface area contributed by atoms with Gasteiger partial charge in [0.25, 0.3) is 0 Å². The summed E-state index contributed by atoms with van der Waals surface area (Å²) >= 11 is 0. The molecule has 0 bridgehead atoms. The zero-order valence-electron chi connectivity index (χ0n) is 9.34. The molecule has 0 aliphatic carbocycles. The molecule has 1 aliphatic heterocycles. The van der Waals surface area contributed by atoms with E-state index in [1.54, 1.807) is 0 Å². The maximum atomic E-state index is 3.22. The van der Waals surface area contributed by atoms with Crippen LogP contribution in [0.2, 0.25) is 0 Å². The fourth-order valence-corrected chi connectivity index (χ4v) is 2.50. The molecule has 78 valence electrons. The van der Waals surface area contributed by atoms with Gasteiger partial charge in [0, 0.05) is 13.1 Å². The van der Waals surface area contributed by atoms with E-state index in [1.165, 1.54) is 38.9 Å². The molecular formula is C11H24N2. The topological polar surface area (TPSA) is 15.3 Å². The fraction of sp³-hybridized carbons (Fsp3) is 1.00. The third kappa shape index (κ3) is 3.28. The monoisotopic (exact) mass is 184 g/mol. The van der Waals surface area contributed by atoms with Crippen molar-refractivity contribution in [2.45, 2.75) is 26.2 Å². The van der Waals surface area contributed by atoms with Crippen LogP contribution in [-0.2, 0) is 0 Å². The Morgan fingerprint density at radius 1 is 1.31 bits per heavy atom. The molecule has 0 amide bonds. The van der Waals surface area contributed by atoms with E-state index >= 15 is 0 Å². The lowest BCUT2D eigenvalue weighted by Crippen LogP contribution is -2.15. The van der Waals surface area contributed by atoms with Crippen LogP contribution in [0.1, 0.15) is 26.2 Å². The normalized spacial score (nSPS) is 29.8. The minimum atomic E-state index is 0.960. The first-order valence-corrected chi connectivity index (χ1v) is 5.61. The van der Waals surface area contributed by atoms with Gasteiger partial charge in [0.05, 0.1) is 0 Å². The van der Waals surface area contributed by atoms with Gasteiger partial charge >= 0.3 is 0 Å². The Labute approximate surface area is 82.7 Å². The molecule has 1 fully saturated rings. The van der Waals surface area contributed by atoms with Crippen molar-refractivity contribution in [3.63, 3.8) is 0 Å². The molecule has 0 radical (unpaired) electrons. The van der Waals surface area contributed by atoms with E-state index in [0.29, 0.717) is 0 Å². The standard InChI is InChI=1S/C11H24N2/c1-4-10-8-13(3)9-11(10)6-5-7-12-2/h10-12H,4-9H2,1-3H3. The number of nitrogens with one attached hydrogen (secondary N) is 1. The lowest BCUT2D eigenvalue weighted by atomic mass is 9.90. The summed E-state index contributed by atoms with van der Waals surface area (Å²) in [6.45, 7) is 6.15. The summed E-state index contributed by atoms with van der Waals surface area (Å²) in [5.41, 5.74) is 0. The van der Waals surface area contributed by atoms with Crippen LogP contribution < -0.4 is 5.32 Å². The van der Waals surface area contributed by atoms with Crippen molar-refractivity contribution in [3.05, 3.63) is 0 Å². The zero-order chi connectivity index (χ0) is 9.68. The van der Waals surface area contributed by atoms with Gasteiger partial charge in [-0.2, -0.15) is 0 Å². The highest BCUT2D eigenvalue weighted by Crippen LogP contribution is 2.28. The van der Waals surface area contributed by atoms with Crippen LogP contribution in [0.25, 0.3) is 0 Å². The number of nitrogens with zero attached hydrogens (tertiary/aromatic N) is 1. The molecule has 0 spiro atoms. The van der Waals surface area contributed by atoms with E-state index in [9.17, 15) is 0 Å². The van der Waals surface area contributed by atoms with Gasteiger partial charge in [0.1, 0.15) is 0 Å². The lowest BCUT2D eigenvalue weighted by Gasteiger charge is -2.15. The van der Waals surface area contributed by atoms with Gasteiger partial charge in [-0.1, -0.05) is 13.3 Å². The molecular weight excluding hydrogens is 160 g/mol. The predicted octanol–water partition coefficient (Wildman–Crippen LogP) is 1.57. The first-order chi connectivity index (χ1) is 6.27. The van der Waals surface area contributed by atoms with Crippen molar-refractivity contribution >= 4 is 0 Å². The van der Waals surface area contributed by atoms with Gasteiger partial charge in [-0.15, -0.1) is 0 Å². The average Bonchev–Trinajstić information content (AvgIpc) is 2.47. The summed E-state index contributed by atoms with van der Waals surface area (Å²) < 4.78 is 0. The quantitative estimate of drug-likeness (QED) is 0.653. The van der Waals surface area contributed by atoms with Crippen LogP contribution in [0.4, 0.5) is 0 Å². The van der Waals surface area contributed by atoms with E-state index < -0.39 is 0 Å². The van der Waals surface area contributed by atoms with Crippen LogP contribution in [0, 0.1) is 11.8 Å². The lowest BCUT2D eigenvalue weighted by molar-refractivity contribution is 0.371. The summed E-state index contributed by atoms with van der Waals surface area (Å²) in [6.07, 6.45) is 4.10. The Hall–Kier alpha value is -0.0800. The molecule has 1 rings (SSSR count). The van der Waals surface area contributed by atoms with Crippen LogP contribution in [0.3, 0.4) is 0 Å². The summed E-state index contributed by atoms with van der Waals surface area (Å²) in [7, 11) is 4.29. The third-order valence-corrected chi connectivity index (χ3v) is 3.29. The number of hydrogen-bond acceptors (Lipinski definition) is 2. The first-order valence-electron chi connectivity index (χ1n) is 5.61. The van der Waals surface area contributed by atoms with Gasteiger partial charge in [0.2, 0.25) is 0 Å². The number of likely N-dealkylation sites (tertiary alicyclic amines) is 1. The molecule has 1 heterocycles. The molecule has 2 heteroatoms. The zero-order valence-corrected chi connectivity index (χ0v) is 9.34. The summed E-state index contributed by atoms with van der Waals surface area (Å²) in [5, 5.41) is 3.22. The first kappa shape index (κ1) is 11.0. The minimum absolute atomic E-state index is 0.960. The molecule has 13 heavy (non-hydrogen) atoms. The molecule has 0 aromatic heterocycles. The van der Waals surface area contributed by atoms with Gasteiger partial charge in [0.15, 0.2) is 0 Å². The Balaban J connectivity index is 2.23. The molecule has 2 unspecified atom stereocenters. The summed E-state index contributed by atoms with van der Waals surface area (Å²) in [6, 6.07) is 0. The van der Waals surface area contributed by atoms with Crippen molar-refractivity contribution in [2.24, 2.45) is 11.8 Å². The molecule has 1 aliphatic rings. The van der Waals surface area contributed by atoms with E-state index in [1.807, 2.05) is 7.05 Å². The Bertz CT molecular complexity index is 136. The largest absolute Gasteiger partial charge is 0.320 e. The summed E-state index contributed by atoms with van der Waals surface area (Å²) in [4.78, 5) is 2.48. The molecule has 0 aromatic rings. The van der Waals surface area contributed by atoms with E-state index in [2.05, 4.69) is 24.2 Å². The smallest absolute Gasteiger partial charge is 0.000986 e. The molecule has 1 N–H and O–H groups in total. The van der Waals surface area contributed by atoms with Crippen LogP contribution >= 0.6 is 0 Å². The average molecular weight is 184 g/mol. The van der Waals surface area contributed by atoms with Crippen molar-refractivity contribution in [3.8, 4) is 0 Å². The van der Waals surface area contributed by atoms with Crippen molar-refractivity contribution in [2.75, 3.05) is 33.7 Å². The SMILES string of the molecule is CCC1CN(C)CC1CCCNC. The highest BCUT2D eigenvalue weighted by molar-refractivity contribution is 4.81. The number of hydrogen-bond donors (Lipinski definition) is 1. The van der Waals surface area contributed by atoms with Gasteiger partial charge < -0.3 is 10.2 Å². The maximum Gasteiger partial charge on any atom is 0.000986 e. The van der Waals surface area contributed by atoms with Crippen molar-refractivity contribution < 1.29 is 0 Å². The Kier molecular flexibility index (Phi) is 4.74. The second-order valence-corrected chi connectivity index (χ2v) is 4.40. The van der Waals surface area contributed by atoms with Crippen LogP contribution in [0.15, 0.2) is 0 Å². The minimum Gasteiger partial charge on any atom is -0.320 e. The highest BCUT2D eigenvalue weighted by Gasteiger charge is 2.28. The third-order valence-electron chi connectivity index (χ3n) is 3.29. The second-order valence-electron chi connectivity index (χ2n) is 4.40. The van der Waals surface area contributed by atoms with Crippen molar-refractivity contribution in [1.82, 2.24) is 10.2 Å². The van der Waals surface area contributed by atoms with E-state index in [-0.39, 0.29) is 0 Å². The fourth-order valence-electron chi connectivity index (χ4n) is 2.50. The Morgan fingerprint density at radius 3 is 2.62 bits per heavy atom. The predicted molar refractivity (Wildman–Crippen MR) is 57.9 cm³/mol. The van der Waals surface area contributed by atoms with Gasteiger partial charge in [-0.05, 0) is 45.3 Å². The number of rotatable bonds is 5. The Morgan fingerprint density at radius 2 is 2.00 bits per heavy atom. The van der Waals surface area contributed by atoms with E-state index in [4.69, 9.17) is 0 Å². The second kappa shape index (κ2) is 5.61. The van der Waals surface area contributed by atoms with Gasteiger partial charge in [-0.3, -0.25) is 0 Å². The molecule has 2 atom stereocenters. The van der Waals surface area contributed by atoms with Crippen LogP contribution in [-0.4, -0.2) is 38.6 Å². The van der Waals surface area contributed by atoms with Crippen molar-refractivity contribution in [1.29, 1.82) is 0 Å². The maximum absolute atomic E-state index is 3.22. The van der Waals surface area contributed by atoms with E-state index in [0.717, 1.165) is 11.8 Å². The molecule has 0 aromatic carbocycles. The molecule has 1 saturated heterocycles.